The molecule has 1 aromatic carbocycles. The molecule has 78 valence electrons. The van der Waals surface area contributed by atoms with Crippen molar-refractivity contribution in [3.8, 4) is 5.75 Å². The highest BCUT2D eigenvalue weighted by Crippen LogP contribution is 2.10. The average molecular weight is 204 g/mol. The van der Waals surface area contributed by atoms with E-state index in [1.165, 1.54) is 6.33 Å². The molecule has 3 N–H and O–H groups in total. The number of aromatic hydroxyl groups is 1. The number of aromatic nitrogens is 3. The first-order valence-corrected chi connectivity index (χ1v) is 4.67. The van der Waals surface area contributed by atoms with E-state index in [0.29, 0.717) is 13.1 Å². The minimum absolute atomic E-state index is 0.286. The summed E-state index contributed by atoms with van der Waals surface area (Å²) in [5.41, 5.74) is 1.04. The number of nitrogens with one attached hydrogen (secondary N) is 2. The van der Waals surface area contributed by atoms with Gasteiger partial charge in [-0.3, -0.25) is 5.10 Å². The lowest BCUT2D eigenvalue weighted by Crippen LogP contribution is -2.13. The SMILES string of the molecule is Oc1cccc(CNCc2ncn[nH]2)c1. The second-order valence-corrected chi connectivity index (χ2v) is 3.21. The Morgan fingerprint density at radius 2 is 2.27 bits per heavy atom. The number of phenolic OH excluding ortho intramolecular Hbond substituents is 1. The highest BCUT2D eigenvalue weighted by molar-refractivity contribution is 5.26. The van der Waals surface area contributed by atoms with Gasteiger partial charge < -0.3 is 10.4 Å². The molecule has 0 amide bonds. The van der Waals surface area contributed by atoms with E-state index in [1.807, 2.05) is 12.1 Å². The molecule has 0 atom stereocenters. The average Bonchev–Trinajstić information content (AvgIpc) is 2.71. The van der Waals surface area contributed by atoms with Gasteiger partial charge in [0.15, 0.2) is 0 Å². The van der Waals surface area contributed by atoms with Crippen LogP contribution in [-0.2, 0) is 13.1 Å². The Morgan fingerprint density at radius 1 is 1.33 bits per heavy atom. The Hall–Kier alpha value is -1.88. The first kappa shape index (κ1) is 9.67. The molecule has 5 heteroatoms. The van der Waals surface area contributed by atoms with Gasteiger partial charge in [-0.1, -0.05) is 12.1 Å². The molecule has 0 aliphatic rings. The molecule has 0 saturated heterocycles. The molecule has 0 unspecified atom stereocenters. The molecular formula is C10H12N4O. The smallest absolute Gasteiger partial charge is 0.138 e. The summed E-state index contributed by atoms with van der Waals surface area (Å²) in [6, 6.07) is 7.15. The van der Waals surface area contributed by atoms with E-state index in [1.54, 1.807) is 12.1 Å². The lowest BCUT2D eigenvalue weighted by Gasteiger charge is -2.02. The lowest BCUT2D eigenvalue weighted by atomic mass is 10.2. The molecule has 5 nitrogen and oxygen atoms in total. The summed E-state index contributed by atoms with van der Waals surface area (Å²) in [5, 5.41) is 18.9. The van der Waals surface area contributed by atoms with Crippen LogP contribution in [0.25, 0.3) is 0 Å². The fourth-order valence-electron chi connectivity index (χ4n) is 1.31. The van der Waals surface area contributed by atoms with Crippen LogP contribution in [0.5, 0.6) is 5.75 Å². The fourth-order valence-corrected chi connectivity index (χ4v) is 1.31. The van der Waals surface area contributed by atoms with Crippen molar-refractivity contribution < 1.29 is 5.11 Å². The number of hydrogen-bond donors (Lipinski definition) is 3. The molecule has 1 heterocycles. The Bertz CT molecular complexity index is 413. The van der Waals surface area contributed by atoms with Crippen molar-refractivity contribution in [3.63, 3.8) is 0 Å². The zero-order valence-corrected chi connectivity index (χ0v) is 8.14. The summed E-state index contributed by atoms with van der Waals surface area (Å²) in [6.45, 7) is 1.32. The Balaban J connectivity index is 1.83. The van der Waals surface area contributed by atoms with E-state index < -0.39 is 0 Å². The minimum Gasteiger partial charge on any atom is -0.508 e. The van der Waals surface area contributed by atoms with Gasteiger partial charge in [-0.05, 0) is 17.7 Å². The highest BCUT2D eigenvalue weighted by atomic mass is 16.3. The third-order valence-corrected chi connectivity index (χ3v) is 2.00. The van der Waals surface area contributed by atoms with E-state index in [-0.39, 0.29) is 5.75 Å². The summed E-state index contributed by atoms with van der Waals surface area (Å²) >= 11 is 0. The van der Waals surface area contributed by atoms with Crippen LogP contribution in [0.1, 0.15) is 11.4 Å². The Labute approximate surface area is 87.2 Å². The number of hydrogen-bond acceptors (Lipinski definition) is 4. The maximum atomic E-state index is 9.24. The number of benzene rings is 1. The van der Waals surface area contributed by atoms with Gasteiger partial charge in [-0.2, -0.15) is 5.10 Å². The predicted octanol–water partition coefficient (Wildman–Crippen LogP) is 0.800. The minimum atomic E-state index is 0.286. The molecule has 0 fully saturated rings. The molecule has 0 bridgehead atoms. The molecule has 2 aromatic rings. The fraction of sp³-hybridized carbons (Fsp3) is 0.200. The summed E-state index contributed by atoms with van der Waals surface area (Å²) in [5.74, 6) is 1.09. The normalized spacial score (nSPS) is 10.4. The van der Waals surface area contributed by atoms with Gasteiger partial charge in [0.05, 0.1) is 6.54 Å². The number of H-pyrrole nitrogens is 1. The third kappa shape index (κ3) is 2.78. The van der Waals surface area contributed by atoms with E-state index in [0.717, 1.165) is 11.4 Å². The van der Waals surface area contributed by atoms with Gasteiger partial charge in [0.1, 0.15) is 17.9 Å². The third-order valence-electron chi connectivity index (χ3n) is 2.00. The predicted molar refractivity (Wildman–Crippen MR) is 55.0 cm³/mol. The van der Waals surface area contributed by atoms with Crippen molar-refractivity contribution in [2.75, 3.05) is 0 Å². The summed E-state index contributed by atoms with van der Waals surface area (Å²) in [6.07, 6.45) is 1.48. The zero-order valence-electron chi connectivity index (χ0n) is 8.14. The van der Waals surface area contributed by atoms with Crippen LogP contribution >= 0.6 is 0 Å². The van der Waals surface area contributed by atoms with E-state index >= 15 is 0 Å². The van der Waals surface area contributed by atoms with E-state index in [4.69, 9.17) is 0 Å². The van der Waals surface area contributed by atoms with Crippen LogP contribution in [0.2, 0.25) is 0 Å². The maximum absolute atomic E-state index is 9.24. The van der Waals surface area contributed by atoms with Gasteiger partial charge in [-0.15, -0.1) is 0 Å². The van der Waals surface area contributed by atoms with Crippen LogP contribution < -0.4 is 5.32 Å². The second-order valence-electron chi connectivity index (χ2n) is 3.21. The zero-order chi connectivity index (χ0) is 10.5. The van der Waals surface area contributed by atoms with Crippen molar-refractivity contribution >= 4 is 0 Å². The Morgan fingerprint density at radius 3 is 3.00 bits per heavy atom. The van der Waals surface area contributed by atoms with Crippen LogP contribution in [0.3, 0.4) is 0 Å². The van der Waals surface area contributed by atoms with Gasteiger partial charge in [0.25, 0.3) is 0 Å². The van der Waals surface area contributed by atoms with Gasteiger partial charge in [0, 0.05) is 6.54 Å². The molecule has 2 rings (SSSR count). The first-order valence-electron chi connectivity index (χ1n) is 4.67. The standard InChI is InChI=1S/C10H12N4O/c15-9-3-1-2-8(4-9)5-11-6-10-12-7-13-14-10/h1-4,7,11,15H,5-6H2,(H,12,13,14). The quantitative estimate of drug-likeness (QED) is 0.688. The molecule has 15 heavy (non-hydrogen) atoms. The molecular weight excluding hydrogens is 192 g/mol. The summed E-state index contributed by atoms with van der Waals surface area (Å²) in [4.78, 5) is 3.99. The van der Waals surface area contributed by atoms with Crippen molar-refractivity contribution in [2.45, 2.75) is 13.1 Å². The molecule has 0 aliphatic heterocycles. The number of aromatic amines is 1. The lowest BCUT2D eigenvalue weighted by molar-refractivity contribution is 0.474. The first-order chi connectivity index (χ1) is 7.34. The van der Waals surface area contributed by atoms with Crippen LogP contribution in [0.4, 0.5) is 0 Å². The topological polar surface area (TPSA) is 73.8 Å². The monoisotopic (exact) mass is 204 g/mol. The Kier molecular flexibility index (Phi) is 2.94. The number of phenols is 1. The van der Waals surface area contributed by atoms with E-state index in [9.17, 15) is 5.11 Å². The van der Waals surface area contributed by atoms with Gasteiger partial charge >= 0.3 is 0 Å². The van der Waals surface area contributed by atoms with Crippen LogP contribution in [0.15, 0.2) is 30.6 Å². The largest absolute Gasteiger partial charge is 0.508 e. The molecule has 0 spiro atoms. The van der Waals surface area contributed by atoms with Crippen molar-refractivity contribution in [2.24, 2.45) is 0 Å². The van der Waals surface area contributed by atoms with Crippen LogP contribution in [-0.4, -0.2) is 20.3 Å². The maximum Gasteiger partial charge on any atom is 0.138 e. The van der Waals surface area contributed by atoms with Crippen molar-refractivity contribution in [1.29, 1.82) is 0 Å². The molecule has 1 aromatic heterocycles. The van der Waals surface area contributed by atoms with Gasteiger partial charge in [0.2, 0.25) is 0 Å². The summed E-state index contributed by atoms with van der Waals surface area (Å²) < 4.78 is 0. The van der Waals surface area contributed by atoms with Crippen molar-refractivity contribution in [1.82, 2.24) is 20.5 Å². The molecule has 0 radical (unpaired) electrons. The number of rotatable bonds is 4. The van der Waals surface area contributed by atoms with Crippen LogP contribution in [0, 0.1) is 0 Å². The van der Waals surface area contributed by atoms with Crippen molar-refractivity contribution in [3.05, 3.63) is 42.0 Å². The number of nitrogens with zero attached hydrogens (tertiary/aromatic N) is 2. The molecule has 0 aliphatic carbocycles. The van der Waals surface area contributed by atoms with Gasteiger partial charge in [-0.25, -0.2) is 4.98 Å². The summed E-state index contributed by atoms with van der Waals surface area (Å²) in [7, 11) is 0. The molecule has 0 saturated carbocycles. The second kappa shape index (κ2) is 4.56. The van der Waals surface area contributed by atoms with E-state index in [2.05, 4.69) is 20.5 Å². The highest BCUT2D eigenvalue weighted by Gasteiger charge is 1.96.